The van der Waals surface area contributed by atoms with Crippen molar-refractivity contribution in [2.75, 3.05) is 6.61 Å². The number of aryl methyl sites for hydroxylation is 1. The van der Waals surface area contributed by atoms with Crippen LogP contribution in [0.1, 0.15) is 37.3 Å². The van der Waals surface area contributed by atoms with Crippen molar-refractivity contribution in [3.63, 3.8) is 0 Å². The van der Waals surface area contributed by atoms with E-state index in [4.69, 9.17) is 10.5 Å². The highest BCUT2D eigenvalue weighted by Crippen LogP contribution is 2.33. The van der Waals surface area contributed by atoms with Gasteiger partial charge in [0.25, 0.3) is 0 Å². The first-order chi connectivity index (χ1) is 8.18. The Morgan fingerprint density at radius 2 is 2.18 bits per heavy atom. The summed E-state index contributed by atoms with van der Waals surface area (Å²) >= 11 is 0. The summed E-state index contributed by atoms with van der Waals surface area (Å²) in [6, 6.07) is 7.94. The molecule has 0 radical (unpaired) electrons. The number of hydrogen-bond donors (Lipinski definition) is 1. The van der Waals surface area contributed by atoms with Crippen LogP contribution in [0.4, 0.5) is 0 Å². The second-order valence-electron chi connectivity index (χ2n) is 4.56. The van der Waals surface area contributed by atoms with Gasteiger partial charge in [0.2, 0.25) is 0 Å². The van der Waals surface area contributed by atoms with Gasteiger partial charge in [-0.2, -0.15) is 0 Å². The molecule has 1 unspecified atom stereocenters. The lowest BCUT2D eigenvalue weighted by atomic mass is 9.85. The molecule has 1 aromatic carbocycles. The molecule has 0 saturated carbocycles. The average molecular weight is 233 g/mol. The molecule has 0 bridgehead atoms. The topological polar surface area (TPSA) is 52.3 Å². The Morgan fingerprint density at radius 3 is 2.94 bits per heavy atom. The van der Waals surface area contributed by atoms with E-state index in [1.54, 1.807) is 0 Å². The van der Waals surface area contributed by atoms with Crippen molar-refractivity contribution in [3.8, 4) is 0 Å². The summed E-state index contributed by atoms with van der Waals surface area (Å²) in [7, 11) is 0. The van der Waals surface area contributed by atoms with E-state index in [1.165, 1.54) is 5.56 Å². The van der Waals surface area contributed by atoms with E-state index >= 15 is 0 Å². The Morgan fingerprint density at radius 1 is 1.41 bits per heavy atom. The first-order valence-corrected chi connectivity index (χ1v) is 6.23. The van der Waals surface area contributed by atoms with Gasteiger partial charge in [-0.05, 0) is 37.3 Å². The second kappa shape index (κ2) is 4.88. The molecule has 0 saturated heterocycles. The predicted molar refractivity (Wildman–Crippen MR) is 66.5 cm³/mol. The lowest BCUT2D eigenvalue weighted by Crippen LogP contribution is -2.46. The lowest BCUT2D eigenvalue weighted by Gasteiger charge is -2.27. The van der Waals surface area contributed by atoms with Gasteiger partial charge >= 0.3 is 5.97 Å². The summed E-state index contributed by atoms with van der Waals surface area (Å²) < 4.78 is 5.13. The van der Waals surface area contributed by atoms with Crippen molar-refractivity contribution in [3.05, 3.63) is 35.4 Å². The molecule has 2 rings (SSSR count). The number of benzene rings is 1. The van der Waals surface area contributed by atoms with Gasteiger partial charge in [0, 0.05) is 0 Å². The maximum Gasteiger partial charge on any atom is 0.330 e. The van der Waals surface area contributed by atoms with Crippen molar-refractivity contribution < 1.29 is 9.53 Å². The van der Waals surface area contributed by atoms with E-state index < -0.39 is 5.54 Å². The van der Waals surface area contributed by atoms with Gasteiger partial charge in [-0.3, -0.25) is 0 Å². The van der Waals surface area contributed by atoms with Crippen LogP contribution in [-0.4, -0.2) is 12.6 Å². The number of ether oxygens (including phenoxy) is 1. The van der Waals surface area contributed by atoms with Crippen molar-refractivity contribution in [1.29, 1.82) is 0 Å². The molecule has 2 N–H and O–H groups in total. The molecular formula is C14H19NO2. The summed E-state index contributed by atoms with van der Waals surface area (Å²) in [6.07, 6.45) is 3.71. The van der Waals surface area contributed by atoms with Gasteiger partial charge in [0.05, 0.1) is 6.61 Å². The van der Waals surface area contributed by atoms with E-state index in [-0.39, 0.29) is 5.97 Å². The van der Waals surface area contributed by atoms with Crippen LogP contribution in [0.2, 0.25) is 0 Å². The van der Waals surface area contributed by atoms with Gasteiger partial charge < -0.3 is 10.5 Å². The van der Waals surface area contributed by atoms with E-state index in [9.17, 15) is 4.79 Å². The lowest BCUT2D eigenvalue weighted by molar-refractivity contribution is -0.150. The molecule has 0 fully saturated rings. The molecule has 0 heterocycles. The predicted octanol–water partition coefficient (Wildman–Crippen LogP) is 2.13. The average Bonchev–Trinajstić information content (AvgIpc) is 2.51. The van der Waals surface area contributed by atoms with Crippen LogP contribution in [0.3, 0.4) is 0 Å². The third-order valence-electron chi connectivity index (χ3n) is 3.40. The highest BCUT2D eigenvalue weighted by molar-refractivity contribution is 5.83. The standard InChI is InChI=1S/C14H19NO2/c1-2-17-13(16)14(15)10-6-5-8-11-7-3-4-9-12(11)14/h3-4,7,9H,2,5-6,8,10,15H2,1H3. The van der Waals surface area contributed by atoms with Crippen LogP contribution in [-0.2, 0) is 21.5 Å². The molecule has 0 aromatic heterocycles. The second-order valence-corrected chi connectivity index (χ2v) is 4.56. The number of rotatable bonds is 2. The third kappa shape index (κ3) is 2.20. The van der Waals surface area contributed by atoms with Gasteiger partial charge in [-0.1, -0.05) is 30.7 Å². The smallest absolute Gasteiger partial charge is 0.330 e. The van der Waals surface area contributed by atoms with E-state index in [0.29, 0.717) is 13.0 Å². The monoisotopic (exact) mass is 233 g/mol. The summed E-state index contributed by atoms with van der Waals surface area (Å²) in [5, 5.41) is 0. The minimum absolute atomic E-state index is 0.297. The number of esters is 1. The number of fused-ring (bicyclic) bond motifs is 1. The van der Waals surface area contributed by atoms with Crippen LogP contribution in [0.25, 0.3) is 0 Å². The quantitative estimate of drug-likeness (QED) is 0.629. The molecule has 1 aliphatic carbocycles. The van der Waals surface area contributed by atoms with Crippen molar-refractivity contribution in [2.45, 2.75) is 38.1 Å². The maximum atomic E-state index is 12.1. The van der Waals surface area contributed by atoms with Crippen LogP contribution in [0.15, 0.2) is 24.3 Å². The van der Waals surface area contributed by atoms with E-state index in [0.717, 1.165) is 24.8 Å². The maximum absolute atomic E-state index is 12.1. The Bertz CT molecular complexity index is 416. The Labute approximate surface area is 102 Å². The van der Waals surface area contributed by atoms with E-state index in [1.807, 2.05) is 25.1 Å². The van der Waals surface area contributed by atoms with Crippen LogP contribution in [0.5, 0.6) is 0 Å². The molecule has 92 valence electrons. The molecule has 0 spiro atoms. The van der Waals surface area contributed by atoms with Gasteiger partial charge in [-0.25, -0.2) is 4.79 Å². The third-order valence-corrected chi connectivity index (χ3v) is 3.40. The van der Waals surface area contributed by atoms with Crippen LogP contribution in [0, 0.1) is 0 Å². The number of hydrogen-bond acceptors (Lipinski definition) is 3. The first kappa shape index (κ1) is 12.1. The zero-order valence-electron chi connectivity index (χ0n) is 10.2. The number of nitrogens with two attached hydrogens (primary N) is 1. The Balaban J connectivity index is 2.43. The molecule has 0 aliphatic heterocycles. The highest BCUT2D eigenvalue weighted by Gasteiger charge is 2.39. The SMILES string of the molecule is CCOC(=O)C1(N)CCCCc2ccccc21. The molecule has 1 aliphatic rings. The fourth-order valence-corrected chi connectivity index (χ4v) is 2.50. The minimum atomic E-state index is -0.955. The number of carbonyl (C=O) groups is 1. The summed E-state index contributed by atoms with van der Waals surface area (Å²) in [4.78, 5) is 12.1. The van der Waals surface area contributed by atoms with Gasteiger partial charge in [-0.15, -0.1) is 0 Å². The summed E-state index contributed by atoms with van der Waals surface area (Å²) in [6.45, 7) is 2.18. The first-order valence-electron chi connectivity index (χ1n) is 6.23. The fourth-order valence-electron chi connectivity index (χ4n) is 2.50. The number of carbonyl (C=O) groups excluding carboxylic acids is 1. The minimum Gasteiger partial charge on any atom is -0.464 e. The van der Waals surface area contributed by atoms with Crippen LogP contribution >= 0.6 is 0 Å². The Hall–Kier alpha value is -1.35. The van der Waals surface area contributed by atoms with Crippen LogP contribution < -0.4 is 5.73 Å². The fraction of sp³-hybridized carbons (Fsp3) is 0.500. The van der Waals surface area contributed by atoms with Crippen molar-refractivity contribution in [1.82, 2.24) is 0 Å². The molecule has 1 aromatic rings. The van der Waals surface area contributed by atoms with Crippen molar-refractivity contribution in [2.24, 2.45) is 5.73 Å². The highest BCUT2D eigenvalue weighted by atomic mass is 16.5. The largest absolute Gasteiger partial charge is 0.464 e. The van der Waals surface area contributed by atoms with Gasteiger partial charge in [0.15, 0.2) is 0 Å². The molecule has 1 atom stereocenters. The molecular weight excluding hydrogens is 214 g/mol. The van der Waals surface area contributed by atoms with Gasteiger partial charge in [0.1, 0.15) is 5.54 Å². The molecule has 3 heteroatoms. The molecule has 3 nitrogen and oxygen atoms in total. The zero-order valence-corrected chi connectivity index (χ0v) is 10.2. The van der Waals surface area contributed by atoms with E-state index in [2.05, 4.69) is 6.07 Å². The summed E-state index contributed by atoms with van der Waals surface area (Å²) in [5.41, 5.74) is 7.49. The molecule has 0 amide bonds. The normalized spacial score (nSPS) is 23.6. The van der Waals surface area contributed by atoms with Crippen molar-refractivity contribution >= 4 is 5.97 Å². The zero-order chi connectivity index (χ0) is 12.3. The Kier molecular flexibility index (Phi) is 3.48. The molecule has 17 heavy (non-hydrogen) atoms. The summed E-state index contributed by atoms with van der Waals surface area (Å²) in [5.74, 6) is -0.297.